The number of carbonyl (C=O) groups is 2. The van der Waals surface area contributed by atoms with Gasteiger partial charge in [0.2, 0.25) is 5.91 Å². The Morgan fingerprint density at radius 1 is 1.27 bits per heavy atom. The van der Waals surface area contributed by atoms with Gasteiger partial charge in [-0.05, 0) is 38.5 Å². The number of anilines is 1. The average Bonchev–Trinajstić information content (AvgIpc) is 3.49. The Balaban J connectivity index is 1.78. The lowest BCUT2D eigenvalue weighted by molar-refractivity contribution is -0.145. The van der Waals surface area contributed by atoms with Crippen LogP contribution in [0.15, 0.2) is 41.7 Å². The molecule has 1 aliphatic rings. The number of hydrogen-bond acceptors (Lipinski definition) is 4. The number of rotatable bonds is 6. The third-order valence-corrected chi connectivity index (χ3v) is 6.57. The lowest BCUT2D eigenvalue weighted by atomic mass is 9.95. The van der Waals surface area contributed by atoms with Crippen LogP contribution in [-0.2, 0) is 9.59 Å². The van der Waals surface area contributed by atoms with Crippen molar-refractivity contribution in [3.05, 3.63) is 47.9 Å². The number of hydrogen-bond donors (Lipinski definition) is 3. The van der Waals surface area contributed by atoms with E-state index in [0.29, 0.717) is 46.0 Å². The summed E-state index contributed by atoms with van der Waals surface area (Å²) in [6.45, 7) is 4.77. The van der Waals surface area contributed by atoms with Gasteiger partial charge in [-0.15, -0.1) is 0 Å². The minimum absolute atomic E-state index is 0.00524. The first-order chi connectivity index (χ1) is 17.4. The van der Waals surface area contributed by atoms with E-state index in [1.165, 1.54) is 19.3 Å². The van der Waals surface area contributed by atoms with Crippen LogP contribution in [0.4, 0.5) is 14.5 Å². The Bertz CT molecular complexity index is 1410. The summed E-state index contributed by atoms with van der Waals surface area (Å²) in [7, 11) is 0. The van der Waals surface area contributed by atoms with Gasteiger partial charge >= 0.3 is 6.55 Å². The third kappa shape index (κ3) is 4.61. The van der Waals surface area contributed by atoms with Crippen molar-refractivity contribution in [2.24, 2.45) is 10.7 Å². The first-order valence-corrected chi connectivity index (χ1v) is 11.5. The number of halogens is 2. The number of nitrogens with zero attached hydrogens (tertiary/aromatic N) is 5. The summed E-state index contributed by atoms with van der Waals surface area (Å²) in [5.41, 5.74) is 9.19. The largest absolute Gasteiger partial charge is 0.382 e. The van der Waals surface area contributed by atoms with E-state index in [-0.39, 0.29) is 17.6 Å². The highest BCUT2D eigenvalue weighted by Crippen LogP contribution is 2.35. The van der Waals surface area contributed by atoms with E-state index in [2.05, 4.69) is 15.1 Å². The van der Waals surface area contributed by atoms with Gasteiger partial charge in [-0.3, -0.25) is 15.0 Å². The quantitative estimate of drug-likeness (QED) is 0.345. The maximum atomic E-state index is 13.4. The van der Waals surface area contributed by atoms with E-state index in [0.717, 1.165) is 17.5 Å². The minimum atomic E-state index is -2.80. The standard InChI is InChI=1S/C25H28F2N8O2/c1-14-5-6-16(9-20(14)33-7-8-34(15(2)36)25(3,4)23(33)37)19-10-18(21(32-19)22(29)30-13-28)17-11-31-35(12-17)24(26)27/h5-6,9-13,24,32H,7-8H2,1-4H3,(H3,28,29,30). The lowest BCUT2D eigenvalue weighted by Gasteiger charge is -2.45. The van der Waals surface area contributed by atoms with Crippen molar-refractivity contribution in [2.75, 3.05) is 18.0 Å². The predicted molar refractivity (Wildman–Crippen MR) is 137 cm³/mol. The molecule has 4 N–H and O–H groups in total. The van der Waals surface area contributed by atoms with Gasteiger partial charge in [-0.25, -0.2) is 9.67 Å². The van der Waals surface area contributed by atoms with Crippen molar-refractivity contribution < 1.29 is 18.4 Å². The summed E-state index contributed by atoms with van der Waals surface area (Å²) >= 11 is 0. The van der Waals surface area contributed by atoms with E-state index in [1.807, 2.05) is 25.1 Å². The first-order valence-electron chi connectivity index (χ1n) is 11.5. The van der Waals surface area contributed by atoms with Gasteiger partial charge in [-0.2, -0.15) is 13.9 Å². The minimum Gasteiger partial charge on any atom is -0.382 e. The smallest absolute Gasteiger partial charge is 0.333 e. The summed E-state index contributed by atoms with van der Waals surface area (Å²) in [6.07, 6.45) is 3.30. The number of nitrogens with two attached hydrogens (primary N) is 1. The number of aromatic amines is 1. The van der Waals surface area contributed by atoms with Gasteiger partial charge < -0.3 is 20.5 Å². The SMILES string of the molecule is CC(=O)N1CCN(c2cc(-c3cc(-c4cnn(C(F)F)c4)c(/C(N)=N\C=N)[nH]3)ccc2C)C(=O)C1(C)C. The number of piperazine rings is 1. The fraction of sp³-hybridized carbons (Fsp3) is 0.320. The molecule has 37 heavy (non-hydrogen) atoms. The lowest BCUT2D eigenvalue weighted by Crippen LogP contribution is -2.64. The number of carbonyl (C=O) groups excluding carboxylic acids is 2. The summed E-state index contributed by atoms with van der Waals surface area (Å²) < 4.78 is 26.8. The molecule has 12 heteroatoms. The molecule has 0 aliphatic carbocycles. The number of alkyl halides is 2. The molecule has 2 amide bonds. The zero-order valence-electron chi connectivity index (χ0n) is 20.9. The summed E-state index contributed by atoms with van der Waals surface area (Å²) in [4.78, 5) is 35.8. The molecule has 4 rings (SSSR count). The molecule has 0 saturated carbocycles. The Hall–Kier alpha value is -4.35. The van der Waals surface area contributed by atoms with Crippen LogP contribution >= 0.6 is 0 Å². The molecule has 0 radical (unpaired) electrons. The van der Waals surface area contributed by atoms with Crippen LogP contribution in [-0.4, -0.2) is 62.3 Å². The number of amides is 2. The number of H-pyrrole nitrogens is 1. The number of aromatic nitrogens is 3. The number of nitrogens with one attached hydrogen (secondary N) is 2. The maximum Gasteiger partial charge on any atom is 0.333 e. The maximum absolute atomic E-state index is 13.4. The van der Waals surface area contributed by atoms with Crippen LogP contribution < -0.4 is 10.6 Å². The van der Waals surface area contributed by atoms with Crippen LogP contribution in [0.25, 0.3) is 22.4 Å². The Labute approximate surface area is 212 Å². The molecule has 1 aliphatic heterocycles. The van der Waals surface area contributed by atoms with Gasteiger partial charge in [-0.1, -0.05) is 12.1 Å². The molecule has 1 saturated heterocycles. The van der Waals surface area contributed by atoms with Crippen LogP contribution in [0.3, 0.4) is 0 Å². The topological polar surface area (TPSA) is 136 Å². The predicted octanol–water partition coefficient (Wildman–Crippen LogP) is 3.53. The summed E-state index contributed by atoms with van der Waals surface area (Å²) in [5, 5.41) is 11.0. The molecule has 3 aromatic rings. The highest BCUT2D eigenvalue weighted by Gasteiger charge is 2.43. The Morgan fingerprint density at radius 3 is 2.62 bits per heavy atom. The number of aryl methyl sites for hydroxylation is 1. The van der Waals surface area contributed by atoms with Gasteiger partial charge in [0.25, 0.3) is 5.91 Å². The van der Waals surface area contributed by atoms with E-state index >= 15 is 0 Å². The molecule has 1 aromatic carbocycles. The monoisotopic (exact) mass is 510 g/mol. The van der Waals surface area contributed by atoms with E-state index in [4.69, 9.17) is 11.1 Å². The van der Waals surface area contributed by atoms with E-state index in [1.54, 1.807) is 29.7 Å². The van der Waals surface area contributed by atoms with Crippen LogP contribution in [0, 0.1) is 12.3 Å². The van der Waals surface area contributed by atoms with Gasteiger partial charge in [0.05, 0.1) is 11.9 Å². The fourth-order valence-corrected chi connectivity index (χ4v) is 4.63. The van der Waals surface area contributed by atoms with Crippen molar-refractivity contribution in [2.45, 2.75) is 39.8 Å². The average molecular weight is 511 g/mol. The zero-order valence-corrected chi connectivity index (χ0v) is 20.9. The molecular weight excluding hydrogens is 482 g/mol. The molecule has 10 nitrogen and oxygen atoms in total. The second-order valence-corrected chi connectivity index (χ2v) is 9.29. The molecule has 0 atom stereocenters. The van der Waals surface area contributed by atoms with Crippen molar-refractivity contribution in [3.8, 4) is 22.4 Å². The zero-order chi connectivity index (χ0) is 27.1. The highest BCUT2D eigenvalue weighted by molar-refractivity contribution is 6.06. The molecule has 0 unspecified atom stereocenters. The Morgan fingerprint density at radius 2 is 2.00 bits per heavy atom. The van der Waals surface area contributed by atoms with Crippen molar-refractivity contribution in [1.29, 1.82) is 5.41 Å². The van der Waals surface area contributed by atoms with Crippen LogP contribution in [0.2, 0.25) is 0 Å². The van der Waals surface area contributed by atoms with Crippen LogP contribution in [0.5, 0.6) is 0 Å². The number of amidine groups is 1. The van der Waals surface area contributed by atoms with E-state index in [9.17, 15) is 18.4 Å². The molecule has 2 aromatic heterocycles. The van der Waals surface area contributed by atoms with Crippen LogP contribution in [0.1, 0.15) is 38.6 Å². The fourth-order valence-electron chi connectivity index (χ4n) is 4.63. The van der Waals surface area contributed by atoms with Gasteiger partial charge in [0.1, 0.15) is 17.7 Å². The van der Waals surface area contributed by atoms with E-state index < -0.39 is 12.1 Å². The molecule has 0 spiro atoms. The first kappa shape index (κ1) is 25.7. The molecule has 0 bridgehead atoms. The Kier molecular flexibility index (Phi) is 6.68. The molecular formula is C25H28F2N8O2. The van der Waals surface area contributed by atoms with Crippen molar-refractivity contribution in [3.63, 3.8) is 0 Å². The normalized spacial score (nSPS) is 16.0. The van der Waals surface area contributed by atoms with Crippen molar-refractivity contribution >= 4 is 29.7 Å². The summed E-state index contributed by atoms with van der Waals surface area (Å²) in [6, 6.07) is 7.35. The van der Waals surface area contributed by atoms with Gasteiger partial charge in [0.15, 0.2) is 0 Å². The molecule has 3 heterocycles. The third-order valence-electron chi connectivity index (χ3n) is 6.57. The summed E-state index contributed by atoms with van der Waals surface area (Å²) in [5.74, 6) is -0.344. The highest BCUT2D eigenvalue weighted by atomic mass is 19.3. The number of aliphatic imine (C=N–C) groups is 1. The number of benzene rings is 1. The molecule has 1 fully saturated rings. The second-order valence-electron chi connectivity index (χ2n) is 9.29. The van der Waals surface area contributed by atoms with Crippen molar-refractivity contribution in [1.82, 2.24) is 19.7 Å². The second kappa shape index (κ2) is 9.60. The van der Waals surface area contributed by atoms with Gasteiger partial charge in [0, 0.05) is 54.3 Å². The molecule has 194 valence electrons.